The summed E-state index contributed by atoms with van der Waals surface area (Å²) in [4.78, 5) is 10.1. The summed E-state index contributed by atoms with van der Waals surface area (Å²) < 4.78 is 0.578. The zero-order valence-corrected chi connectivity index (χ0v) is 9.36. The van der Waals surface area contributed by atoms with Crippen molar-refractivity contribution in [1.82, 2.24) is 0 Å². The Balaban J connectivity index is 0. The van der Waals surface area contributed by atoms with Crippen molar-refractivity contribution < 1.29 is 19.5 Å². The molecular formula is C7H16MgNO3+3. The molecule has 0 aromatic rings. The normalized spacial score (nSPS) is 13.3. The Morgan fingerprint density at radius 1 is 1.42 bits per heavy atom. The van der Waals surface area contributed by atoms with Crippen molar-refractivity contribution in [3.8, 4) is 0 Å². The van der Waals surface area contributed by atoms with Crippen LogP contribution in [0.3, 0.4) is 0 Å². The molecule has 4 nitrogen and oxygen atoms in total. The van der Waals surface area contributed by atoms with Gasteiger partial charge in [-0.3, -0.25) is 4.79 Å². The largest absolute Gasteiger partial charge is 2.00 e. The maximum absolute atomic E-state index is 10.1. The summed E-state index contributed by atoms with van der Waals surface area (Å²) in [6.07, 6.45) is -0.914. The van der Waals surface area contributed by atoms with Crippen molar-refractivity contribution >= 4 is 29.0 Å². The Labute approximate surface area is 88.9 Å². The third kappa shape index (κ3) is 10.2. The molecule has 0 aromatic heterocycles. The van der Waals surface area contributed by atoms with Crippen LogP contribution in [0.1, 0.15) is 6.42 Å². The van der Waals surface area contributed by atoms with Crippen molar-refractivity contribution in [2.45, 2.75) is 12.5 Å². The molecule has 0 aliphatic carbocycles. The van der Waals surface area contributed by atoms with E-state index in [-0.39, 0.29) is 29.5 Å². The monoisotopic (exact) mass is 186 g/mol. The second-order valence-corrected chi connectivity index (χ2v) is 3.72. The number of carbonyl (C=O) groups is 1. The van der Waals surface area contributed by atoms with E-state index >= 15 is 0 Å². The molecule has 0 aliphatic rings. The first-order valence-corrected chi connectivity index (χ1v) is 3.51. The van der Waals surface area contributed by atoms with Crippen molar-refractivity contribution in [1.29, 1.82) is 0 Å². The summed E-state index contributed by atoms with van der Waals surface area (Å²) in [7, 11) is 5.72. The molecule has 0 saturated carbocycles. The molecule has 5 heteroatoms. The average molecular weight is 187 g/mol. The second kappa shape index (κ2) is 5.74. The zero-order chi connectivity index (χ0) is 9.07. The van der Waals surface area contributed by atoms with Crippen LogP contribution in [0.4, 0.5) is 0 Å². The molecule has 0 aromatic carbocycles. The van der Waals surface area contributed by atoms with Crippen LogP contribution in [-0.2, 0) is 4.79 Å². The third-order valence-electron chi connectivity index (χ3n) is 1.17. The van der Waals surface area contributed by atoms with Crippen LogP contribution in [0.5, 0.6) is 0 Å². The number of hydrogen-bond acceptors (Lipinski definition) is 2. The fourth-order valence-corrected chi connectivity index (χ4v) is 0.898. The molecule has 0 spiro atoms. The maximum Gasteiger partial charge on any atom is 2.00 e. The maximum atomic E-state index is 10.1. The van der Waals surface area contributed by atoms with Gasteiger partial charge in [-0.1, -0.05) is 0 Å². The van der Waals surface area contributed by atoms with Crippen molar-refractivity contribution in [2.75, 3.05) is 27.7 Å². The van der Waals surface area contributed by atoms with Crippen LogP contribution in [0.2, 0.25) is 0 Å². The number of quaternary nitrogens is 1. The van der Waals surface area contributed by atoms with E-state index in [1.165, 1.54) is 0 Å². The zero-order valence-electron chi connectivity index (χ0n) is 7.95. The third-order valence-corrected chi connectivity index (χ3v) is 1.17. The van der Waals surface area contributed by atoms with Crippen LogP contribution < -0.4 is 0 Å². The van der Waals surface area contributed by atoms with Gasteiger partial charge in [0.2, 0.25) is 0 Å². The number of carboxylic acids is 1. The molecule has 1 atom stereocenters. The molecule has 2 N–H and O–H groups in total. The molecule has 0 radical (unpaired) electrons. The number of aliphatic hydroxyl groups is 1. The van der Waals surface area contributed by atoms with E-state index in [4.69, 9.17) is 10.2 Å². The molecule has 66 valence electrons. The Bertz CT molecular complexity index is 144. The molecule has 0 aliphatic heterocycles. The molecule has 0 heterocycles. The first-order valence-electron chi connectivity index (χ1n) is 3.51. The predicted molar refractivity (Wildman–Crippen MR) is 46.9 cm³/mol. The van der Waals surface area contributed by atoms with E-state index in [1.807, 2.05) is 21.1 Å². The summed E-state index contributed by atoms with van der Waals surface area (Å²) in [5.41, 5.74) is 0. The van der Waals surface area contributed by atoms with Crippen LogP contribution in [-0.4, -0.2) is 77.5 Å². The van der Waals surface area contributed by atoms with Crippen LogP contribution >= 0.6 is 0 Å². The Morgan fingerprint density at radius 2 is 1.83 bits per heavy atom. The SMILES string of the molecule is C[N+](C)(C)C[C@@H](O)CC(=O)O.[Mg+2]. The van der Waals surface area contributed by atoms with Gasteiger partial charge in [0.1, 0.15) is 12.6 Å². The summed E-state index contributed by atoms with van der Waals surface area (Å²) in [6.45, 7) is 0.465. The number of aliphatic hydroxyl groups excluding tert-OH is 1. The number of nitrogens with zero attached hydrogens (tertiary/aromatic N) is 1. The number of rotatable bonds is 4. The van der Waals surface area contributed by atoms with E-state index in [1.54, 1.807) is 0 Å². The van der Waals surface area contributed by atoms with E-state index in [0.29, 0.717) is 11.0 Å². The molecule has 0 rings (SSSR count). The van der Waals surface area contributed by atoms with Crippen molar-refractivity contribution in [2.24, 2.45) is 0 Å². The average Bonchev–Trinajstić information content (AvgIpc) is 1.53. The molecular weight excluding hydrogens is 170 g/mol. The topological polar surface area (TPSA) is 57.5 Å². The van der Waals surface area contributed by atoms with Gasteiger partial charge in [0, 0.05) is 0 Å². The van der Waals surface area contributed by atoms with Crippen molar-refractivity contribution in [3.05, 3.63) is 0 Å². The summed E-state index contributed by atoms with van der Waals surface area (Å²) in [6, 6.07) is 0. The van der Waals surface area contributed by atoms with Gasteiger partial charge in [-0.05, 0) is 0 Å². The first kappa shape index (κ1) is 14.7. The van der Waals surface area contributed by atoms with Gasteiger partial charge in [-0.15, -0.1) is 0 Å². The van der Waals surface area contributed by atoms with Gasteiger partial charge >= 0.3 is 29.0 Å². The van der Waals surface area contributed by atoms with E-state index in [9.17, 15) is 4.79 Å². The fraction of sp³-hybridized carbons (Fsp3) is 0.857. The molecule has 0 fully saturated rings. The minimum Gasteiger partial charge on any atom is -0.481 e. The van der Waals surface area contributed by atoms with Gasteiger partial charge in [0.15, 0.2) is 0 Å². The smallest absolute Gasteiger partial charge is 0.481 e. The standard InChI is InChI=1S/C7H15NO3.Mg/c1-8(2,3)5-6(9)4-7(10)11;/h6,9H,4-5H2,1-3H3;/q;+2/p+1/t6-;/m0./s1. The minimum atomic E-state index is -0.953. The number of carboxylic acid groups (broad SMARTS) is 1. The molecule has 0 saturated heterocycles. The molecule has 0 unspecified atom stereocenters. The van der Waals surface area contributed by atoms with Crippen molar-refractivity contribution in [3.63, 3.8) is 0 Å². The van der Waals surface area contributed by atoms with Gasteiger partial charge in [0.05, 0.1) is 27.6 Å². The molecule has 0 bridgehead atoms. The first-order chi connectivity index (χ1) is 4.81. The van der Waals surface area contributed by atoms with Gasteiger partial charge in [0.25, 0.3) is 0 Å². The van der Waals surface area contributed by atoms with E-state index in [0.717, 1.165) is 0 Å². The van der Waals surface area contributed by atoms with E-state index < -0.39 is 12.1 Å². The van der Waals surface area contributed by atoms with Crippen LogP contribution in [0.15, 0.2) is 0 Å². The van der Waals surface area contributed by atoms with Gasteiger partial charge in [-0.25, -0.2) is 0 Å². The summed E-state index contributed by atoms with van der Waals surface area (Å²) >= 11 is 0. The summed E-state index contributed by atoms with van der Waals surface area (Å²) in [5.74, 6) is -0.953. The second-order valence-electron chi connectivity index (χ2n) is 3.72. The van der Waals surface area contributed by atoms with Crippen LogP contribution in [0, 0.1) is 0 Å². The van der Waals surface area contributed by atoms with Crippen LogP contribution in [0.25, 0.3) is 0 Å². The fourth-order valence-electron chi connectivity index (χ4n) is 0.898. The Kier molecular flexibility index (Phi) is 7.02. The Hall–Kier alpha value is 0.156. The van der Waals surface area contributed by atoms with Gasteiger partial charge < -0.3 is 14.7 Å². The number of hydrogen-bond donors (Lipinski definition) is 2. The minimum absolute atomic E-state index is 0. The molecule has 12 heavy (non-hydrogen) atoms. The summed E-state index contributed by atoms with van der Waals surface area (Å²) in [5, 5.41) is 17.5. The number of likely N-dealkylation sites (N-methyl/N-ethyl adjacent to an activating group) is 1. The molecule has 0 amide bonds. The number of aliphatic carboxylic acids is 1. The predicted octanol–water partition coefficient (Wildman–Crippen LogP) is -0.853. The quantitative estimate of drug-likeness (QED) is 0.444. The van der Waals surface area contributed by atoms with Gasteiger partial charge in [-0.2, -0.15) is 0 Å². The van der Waals surface area contributed by atoms with E-state index in [2.05, 4.69) is 0 Å². The Morgan fingerprint density at radius 3 is 2.08 bits per heavy atom.